The predicted octanol–water partition coefficient (Wildman–Crippen LogP) is 3.02. The Labute approximate surface area is 113 Å². The number of hydrogen-bond donors (Lipinski definition) is 2. The Morgan fingerprint density at radius 3 is 2.58 bits per heavy atom. The van der Waals surface area contributed by atoms with Gasteiger partial charge in [0.15, 0.2) is 0 Å². The molecule has 0 radical (unpaired) electrons. The van der Waals surface area contributed by atoms with E-state index >= 15 is 0 Å². The summed E-state index contributed by atoms with van der Waals surface area (Å²) in [5.41, 5.74) is 0.867. The minimum atomic E-state index is -2.47. The minimum Gasteiger partial charge on any atom is -0.445 e. The molecular formula is C13H19NO4P+. The summed E-state index contributed by atoms with van der Waals surface area (Å²) < 4.78 is 16.2. The number of carbonyl (C=O) groups excluding carboxylic acids is 1. The molecule has 0 aliphatic rings. The van der Waals surface area contributed by atoms with E-state index in [2.05, 4.69) is 5.32 Å². The average Bonchev–Trinajstić information content (AvgIpc) is 2.42. The van der Waals surface area contributed by atoms with E-state index in [4.69, 9.17) is 4.74 Å². The van der Waals surface area contributed by atoms with Gasteiger partial charge in [0.2, 0.25) is 0 Å². The van der Waals surface area contributed by atoms with Crippen LogP contribution in [-0.2, 0) is 15.9 Å². The Hall–Kier alpha value is -1.45. The molecule has 0 saturated carbocycles. The van der Waals surface area contributed by atoms with Gasteiger partial charge in [-0.15, -0.1) is 0 Å². The van der Waals surface area contributed by atoms with Gasteiger partial charge in [0.05, 0.1) is 0 Å². The molecule has 0 heterocycles. The molecule has 3 atom stereocenters. The smallest absolute Gasteiger partial charge is 0.445 e. The van der Waals surface area contributed by atoms with E-state index in [1.54, 1.807) is 0 Å². The maximum atomic E-state index is 11.6. The van der Waals surface area contributed by atoms with Gasteiger partial charge in [-0.25, -0.2) is 4.79 Å². The molecule has 0 bridgehead atoms. The first-order valence-corrected chi connectivity index (χ1v) is 7.45. The molecular weight excluding hydrogens is 265 g/mol. The molecule has 0 saturated heterocycles. The summed E-state index contributed by atoms with van der Waals surface area (Å²) in [6.07, 6.45) is 0.0252. The largest absolute Gasteiger partial charge is 0.531 e. The SMILES string of the molecule is CCC(C)C(NC(=O)OCc1ccccc1)[P+](=O)O. The number of amides is 1. The van der Waals surface area contributed by atoms with E-state index in [0.717, 1.165) is 5.56 Å². The standard InChI is InChI=1S/C13H18NO4P/c1-3-10(2)12(19(16)17)14-13(15)18-9-11-7-5-4-6-8-11/h4-8,10,12H,3,9H2,1-2H3,(H-,14,15,16,17)/p+1. The highest BCUT2D eigenvalue weighted by molar-refractivity contribution is 7.38. The van der Waals surface area contributed by atoms with Crippen molar-refractivity contribution in [3.63, 3.8) is 0 Å². The second-order valence-electron chi connectivity index (χ2n) is 4.34. The third kappa shape index (κ3) is 5.37. The van der Waals surface area contributed by atoms with Crippen LogP contribution in [0.1, 0.15) is 25.8 Å². The van der Waals surface area contributed by atoms with Crippen LogP contribution in [0.3, 0.4) is 0 Å². The van der Waals surface area contributed by atoms with Gasteiger partial charge in [0.1, 0.15) is 6.61 Å². The lowest BCUT2D eigenvalue weighted by molar-refractivity contribution is 0.135. The quantitative estimate of drug-likeness (QED) is 0.787. The molecule has 0 aromatic heterocycles. The molecule has 2 N–H and O–H groups in total. The predicted molar refractivity (Wildman–Crippen MR) is 72.8 cm³/mol. The van der Waals surface area contributed by atoms with Crippen LogP contribution in [0.25, 0.3) is 0 Å². The Balaban J connectivity index is 2.47. The van der Waals surface area contributed by atoms with Crippen molar-refractivity contribution in [3.05, 3.63) is 35.9 Å². The second kappa shape index (κ2) is 7.87. The molecule has 0 aliphatic carbocycles. The number of ether oxygens (including phenoxy) is 1. The van der Waals surface area contributed by atoms with Gasteiger partial charge >= 0.3 is 14.1 Å². The molecule has 1 aromatic rings. The van der Waals surface area contributed by atoms with E-state index in [1.165, 1.54) is 0 Å². The average molecular weight is 284 g/mol. The number of nitrogens with one attached hydrogen (secondary N) is 1. The maximum absolute atomic E-state index is 11.6. The van der Waals surface area contributed by atoms with Crippen LogP contribution < -0.4 is 5.32 Å². The van der Waals surface area contributed by atoms with Crippen LogP contribution in [0.5, 0.6) is 0 Å². The van der Waals surface area contributed by atoms with Crippen LogP contribution in [0, 0.1) is 5.92 Å². The number of rotatable bonds is 6. The van der Waals surface area contributed by atoms with Gasteiger partial charge in [0, 0.05) is 5.92 Å². The van der Waals surface area contributed by atoms with Crippen LogP contribution in [-0.4, -0.2) is 16.8 Å². The Kier molecular flexibility index (Phi) is 6.46. The van der Waals surface area contributed by atoms with E-state index in [9.17, 15) is 14.3 Å². The minimum absolute atomic E-state index is 0.0853. The fraction of sp³-hybridized carbons (Fsp3) is 0.462. The first-order valence-electron chi connectivity index (χ1n) is 6.17. The molecule has 5 nitrogen and oxygen atoms in total. The van der Waals surface area contributed by atoms with Crippen LogP contribution in [0.4, 0.5) is 4.79 Å². The monoisotopic (exact) mass is 284 g/mol. The highest BCUT2D eigenvalue weighted by Gasteiger charge is 2.35. The zero-order valence-corrected chi connectivity index (χ0v) is 12.0. The first kappa shape index (κ1) is 15.6. The van der Waals surface area contributed by atoms with Crippen molar-refractivity contribution in [1.29, 1.82) is 0 Å². The van der Waals surface area contributed by atoms with Gasteiger partial charge in [-0.1, -0.05) is 44.2 Å². The van der Waals surface area contributed by atoms with Crippen molar-refractivity contribution in [2.75, 3.05) is 0 Å². The Morgan fingerprint density at radius 2 is 2.05 bits per heavy atom. The topological polar surface area (TPSA) is 75.6 Å². The maximum Gasteiger partial charge on any atom is 0.531 e. The van der Waals surface area contributed by atoms with E-state index in [1.807, 2.05) is 44.2 Å². The van der Waals surface area contributed by atoms with E-state index in [0.29, 0.717) is 6.42 Å². The van der Waals surface area contributed by atoms with Crippen molar-refractivity contribution in [2.45, 2.75) is 32.7 Å². The highest BCUT2D eigenvalue weighted by atomic mass is 31.1. The summed E-state index contributed by atoms with van der Waals surface area (Å²) in [4.78, 5) is 20.8. The third-order valence-electron chi connectivity index (χ3n) is 2.90. The molecule has 6 heteroatoms. The summed E-state index contributed by atoms with van der Waals surface area (Å²) >= 11 is 0. The van der Waals surface area contributed by atoms with Crippen molar-refractivity contribution >= 4 is 14.1 Å². The number of benzene rings is 1. The normalized spacial score (nSPS) is 14.4. The summed E-state index contributed by atoms with van der Waals surface area (Å²) in [7, 11) is -2.47. The summed E-state index contributed by atoms with van der Waals surface area (Å²) in [5.74, 6) is -0.860. The molecule has 1 rings (SSSR count). The second-order valence-corrected chi connectivity index (χ2v) is 5.50. The summed E-state index contributed by atoms with van der Waals surface area (Å²) in [6.45, 7) is 3.85. The fourth-order valence-electron chi connectivity index (χ4n) is 1.52. The lowest BCUT2D eigenvalue weighted by atomic mass is 10.1. The zero-order valence-electron chi connectivity index (χ0n) is 11.1. The van der Waals surface area contributed by atoms with Gasteiger partial charge in [-0.3, -0.25) is 5.32 Å². The molecule has 0 fully saturated rings. The lowest BCUT2D eigenvalue weighted by Crippen LogP contribution is -2.37. The number of alkyl carbamates (subject to hydrolysis) is 1. The molecule has 104 valence electrons. The van der Waals surface area contributed by atoms with Gasteiger partial charge in [-0.05, 0) is 16.5 Å². The van der Waals surface area contributed by atoms with Crippen molar-refractivity contribution in [3.8, 4) is 0 Å². The number of carbonyl (C=O) groups is 1. The summed E-state index contributed by atoms with van der Waals surface area (Å²) in [6, 6.07) is 9.25. The Morgan fingerprint density at radius 1 is 1.42 bits per heavy atom. The third-order valence-corrected chi connectivity index (χ3v) is 4.01. The molecule has 0 spiro atoms. The van der Waals surface area contributed by atoms with Gasteiger partial charge in [0.25, 0.3) is 5.78 Å². The fourth-order valence-corrected chi connectivity index (χ4v) is 2.39. The molecule has 1 amide bonds. The number of hydrogen-bond acceptors (Lipinski definition) is 3. The first-order chi connectivity index (χ1) is 9.04. The Bertz CT molecular complexity index is 424. The van der Waals surface area contributed by atoms with Gasteiger partial charge in [-0.2, -0.15) is 4.89 Å². The van der Waals surface area contributed by atoms with Crippen molar-refractivity contribution in [1.82, 2.24) is 5.32 Å². The van der Waals surface area contributed by atoms with E-state index in [-0.39, 0.29) is 12.5 Å². The summed E-state index contributed by atoms with van der Waals surface area (Å²) in [5, 5.41) is 2.44. The van der Waals surface area contributed by atoms with Crippen LogP contribution in [0.2, 0.25) is 0 Å². The zero-order chi connectivity index (χ0) is 14.3. The highest BCUT2D eigenvalue weighted by Crippen LogP contribution is 2.28. The molecule has 3 unspecified atom stereocenters. The van der Waals surface area contributed by atoms with Gasteiger partial charge < -0.3 is 4.74 Å². The van der Waals surface area contributed by atoms with Crippen LogP contribution >= 0.6 is 8.03 Å². The molecule has 19 heavy (non-hydrogen) atoms. The van der Waals surface area contributed by atoms with Crippen molar-refractivity contribution in [2.24, 2.45) is 5.92 Å². The molecule has 1 aromatic carbocycles. The van der Waals surface area contributed by atoms with E-state index < -0.39 is 19.9 Å². The lowest BCUT2D eigenvalue weighted by Gasteiger charge is -2.13. The van der Waals surface area contributed by atoms with Crippen LogP contribution in [0.15, 0.2) is 30.3 Å². The van der Waals surface area contributed by atoms with Crippen molar-refractivity contribution < 1.29 is 19.0 Å². The molecule has 0 aliphatic heterocycles.